The number of alkyl halides is 2. The van der Waals surface area contributed by atoms with E-state index in [4.69, 9.17) is 4.74 Å². The second-order valence-electron chi connectivity index (χ2n) is 7.54. The normalized spacial score (nSPS) is 21.7. The number of carbonyl (C=O) groups excluding carboxylic acids is 2. The Balaban J connectivity index is 2.25. The van der Waals surface area contributed by atoms with Gasteiger partial charge in [-0.3, -0.25) is 4.79 Å². The molecule has 0 atom stereocenters. The summed E-state index contributed by atoms with van der Waals surface area (Å²) in [7, 11) is 0. The number of alkyl carbamates (subject to hydrolysis) is 1. The molecular formula is C19H25F2NO3. The second-order valence-corrected chi connectivity index (χ2v) is 7.54. The Morgan fingerprint density at radius 1 is 1.04 bits per heavy atom. The van der Waals surface area contributed by atoms with Gasteiger partial charge in [0.2, 0.25) is 0 Å². The highest BCUT2D eigenvalue weighted by Gasteiger charge is 2.86. The number of ketones is 1. The van der Waals surface area contributed by atoms with Gasteiger partial charge >= 0.3 is 6.09 Å². The van der Waals surface area contributed by atoms with E-state index in [0.29, 0.717) is 0 Å². The summed E-state index contributed by atoms with van der Waals surface area (Å²) in [4.78, 5) is 24.9. The van der Waals surface area contributed by atoms with Crippen molar-refractivity contribution in [3.8, 4) is 0 Å². The number of carbonyl (C=O) groups is 2. The summed E-state index contributed by atoms with van der Waals surface area (Å²) >= 11 is 0. The van der Waals surface area contributed by atoms with Crippen LogP contribution in [0.2, 0.25) is 0 Å². The lowest BCUT2D eigenvalue weighted by Crippen LogP contribution is -2.88. The van der Waals surface area contributed by atoms with Gasteiger partial charge in [-0.1, -0.05) is 65.0 Å². The highest BCUT2D eigenvalue weighted by Crippen LogP contribution is 2.71. The molecule has 1 aromatic carbocycles. The van der Waals surface area contributed by atoms with Crippen LogP contribution in [-0.2, 0) is 16.1 Å². The van der Waals surface area contributed by atoms with Crippen molar-refractivity contribution in [3.63, 3.8) is 0 Å². The zero-order valence-corrected chi connectivity index (χ0v) is 15.3. The molecule has 0 radical (unpaired) electrons. The van der Waals surface area contributed by atoms with Crippen molar-refractivity contribution in [2.75, 3.05) is 0 Å². The molecule has 0 aliphatic heterocycles. The molecule has 0 unspecified atom stereocenters. The van der Waals surface area contributed by atoms with Gasteiger partial charge in [-0.15, -0.1) is 0 Å². The molecule has 25 heavy (non-hydrogen) atoms. The molecule has 1 aromatic rings. The third kappa shape index (κ3) is 2.45. The van der Waals surface area contributed by atoms with Gasteiger partial charge in [0.05, 0.1) is 10.8 Å². The van der Waals surface area contributed by atoms with Crippen LogP contribution in [0.15, 0.2) is 30.3 Å². The van der Waals surface area contributed by atoms with Crippen molar-refractivity contribution >= 4 is 11.9 Å². The molecule has 0 spiro atoms. The van der Waals surface area contributed by atoms with Crippen LogP contribution >= 0.6 is 0 Å². The van der Waals surface area contributed by atoms with Gasteiger partial charge in [-0.05, 0) is 5.56 Å². The van der Waals surface area contributed by atoms with Gasteiger partial charge in [-0.25, -0.2) is 13.6 Å². The van der Waals surface area contributed by atoms with Crippen LogP contribution < -0.4 is 5.32 Å². The number of Topliss-reactive ketones (excluding diaryl/α,β-unsaturated/α-hetero) is 1. The Morgan fingerprint density at radius 2 is 1.56 bits per heavy atom. The number of ether oxygens (including phenoxy) is 1. The first-order valence-electron chi connectivity index (χ1n) is 8.35. The number of hydrogen-bond acceptors (Lipinski definition) is 3. The first kappa shape index (κ1) is 19.3. The lowest BCUT2D eigenvalue weighted by Gasteiger charge is -2.70. The van der Waals surface area contributed by atoms with Crippen molar-refractivity contribution in [2.45, 2.75) is 59.1 Å². The Kier molecular flexibility index (Phi) is 4.70. The van der Waals surface area contributed by atoms with Crippen molar-refractivity contribution in [3.05, 3.63) is 35.9 Å². The average Bonchev–Trinajstić information content (AvgIpc) is 2.56. The van der Waals surface area contributed by atoms with E-state index in [1.807, 2.05) is 6.07 Å². The summed E-state index contributed by atoms with van der Waals surface area (Å²) in [6.07, 6.45) is -0.829. The number of nitrogens with one attached hydrogen (secondary N) is 1. The van der Waals surface area contributed by atoms with E-state index in [9.17, 15) is 18.4 Å². The SMILES string of the molecule is CCC(=O)C1(NC(=O)OCc2ccccc2)C(C)(C)C(F)(F)C1(C)C. The maximum Gasteiger partial charge on any atom is 0.408 e. The van der Waals surface area contributed by atoms with Crippen LogP contribution in [0, 0.1) is 10.8 Å². The number of benzene rings is 1. The molecular weight excluding hydrogens is 328 g/mol. The highest BCUT2D eigenvalue weighted by molar-refractivity contribution is 5.95. The third-order valence-corrected chi connectivity index (χ3v) is 5.69. The molecule has 0 bridgehead atoms. The molecule has 1 aliphatic carbocycles. The Morgan fingerprint density at radius 3 is 2.04 bits per heavy atom. The lowest BCUT2D eigenvalue weighted by atomic mass is 9.38. The smallest absolute Gasteiger partial charge is 0.408 e. The van der Waals surface area contributed by atoms with E-state index < -0.39 is 34.2 Å². The number of rotatable bonds is 5. The lowest BCUT2D eigenvalue weighted by molar-refractivity contribution is -0.329. The third-order valence-electron chi connectivity index (χ3n) is 5.69. The maximum absolute atomic E-state index is 14.6. The standard InChI is InChI=1S/C19H25F2NO3/c1-6-14(23)18(16(2,3)19(20,21)17(18,4)5)22-15(24)25-12-13-10-8-7-9-11-13/h7-11H,6,12H2,1-5H3,(H,22,24). The molecule has 2 rings (SSSR count). The second kappa shape index (κ2) is 6.07. The van der Waals surface area contributed by atoms with E-state index >= 15 is 0 Å². The minimum absolute atomic E-state index is 0.000316. The van der Waals surface area contributed by atoms with E-state index in [1.165, 1.54) is 27.7 Å². The quantitative estimate of drug-likeness (QED) is 0.857. The number of hydrogen-bond donors (Lipinski definition) is 1. The molecule has 1 saturated carbocycles. The number of halogens is 2. The largest absolute Gasteiger partial charge is 0.445 e. The molecule has 1 amide bonds. The predicted molar refractivity (Wildman–Crippen MR) is 90.3 cm³/mol. The van der Waals surface area contributed by atoms with Gasteiger partial charge < -0.3 is 10.1 Å². The molecule has 6 heteroatoms. The maximum atomic E-state index is 14.6. The van der Waals surface area contributed by atoms with Crippen LogP contribution in [0.1, 0.15) is 46.6 Å². The molecule has 1 aliphatic rings. The van der Waals surface area contributed by atoms with Gasteiger partial charge in [0.15, 0.2) is 5.78 Å². The Hall–Kier alpha value is -1.98. The molecule has 4 nitrogen and oxygen atoms in total. The Bertz CT molecular complexity index is 651. The van der Waals surface area contributed by atoms with Crippen LogP contribution in [0.5, 0.6) is 0 Å². The minimum atomic E-state index is -3.11. The van der Waals surface area contributed by atoms with Gasteiger partial charge in [0.25, 0.3) is 5.92 Å². The van der Waals surface area contributed by atoms with Crippen molar-refractivity contribution in [1.82, 2.24) is 5.32 Å². The summed E-state index contributed by atoms with van der Waals surface area (Å²) in [6.45, 7) is 6.84. The summed E-state index contributed by atoms with van der Waals surface area (Å²) in [6, 6.07) is 9.01. The van der Waals surface area contributed by atoms with Gasteiger partial charge in [0.1, 0.15) is 12.1 Å². The molecule has 0 saturated heterocycles. The van der Waals surface area contributed by atoms with Crippen LogP contribution in [0.3, 0.4) is 0 Å². The minimum Gasteiger partial charge on any atom is -0.445 e. The van der Waals surface area contributed by atoms with E-state index in [2.05, 4.69) is 5.32 Å². The fourth-order valence-electron chi connectivity index (χ4n) is 4.23. The molecule has 0 heterocycles. The topological polar surface area (TPSA) is 55.4 Å². The summed E-state index contributed by atoms with van der Waals surface area (Å²) in [5.41, 5.74) is -4.36. The fraction of sp³-hybridized carbons (Fsp3) is 0.579. The highest BCUT2D eigenvalue weighted by atomic mass is 19.3. The first-order chi connectivity index (χ1) is 11.5. The van der Waals surface area contributed by atoms with Crippen molar-refractivity contribution in [2.24, 2.45) is 10.8 Å². The average molecular weight is 353 g/mol. The predicted octanol–water partition coefficient (Wildman–Crippen LogP) is 4.33. The summed E-state index contributed by atoms with van der Waals surface area (Å²) < 4.78 is 34.4. The van der Waals surface area contributed by atoms with E-state index in [-0.39, 0.29) is 13.0 Å². The Labute approximate surface area is 146 Å². The summed E-state index contributed by atoms with van der Waals surface area (Å²) in [5.74, 6) is -3.54. The van der Waals surface area contributed by atoms with Crippen molar-refractivity contribution in [1.29, 1.82) is 0 Å². The number of amides is 1. The van der Waals surface area contributed by atoms with Gasteiger partial charge in [-0.2, -0.15) is 0 Å². The van der Waals surface area contributed by atoms with Crippen LogP contribution in [0.4, 0.5) is 13.6 Å². The molecule has 0 aromatic heterocycles. The molecule has 138 valence electrons. The van der Waals surface area contributed by atoms with Crippen molar-refractivity contribution < 1.29 is 23.1 Å². The van der Waals surface area contributed by atoms with Gasteiger partial charge in [0, 0.05) is 6.42 Å². The zero-order chi connectivity index (χ0) is 19.1. The molecule has 1 N–H and O–H groups in total. The van der Waals surface area contributed by atoms with Crippen LogP contribution in [0.25, 0.3) is 0 Å². The monoisotopic (exact) mass is 353 g/mol. The van der Waals surface area contributed by atoms with E-state index in [1.54, 1.807) is 31.2 Å². The molecule has 1 fully saturated rings. The zero-order valence-electron chi connectivity index (χ0n) is 15.3. The fourth-order valence-corrected chi connectivity index (χ4v) is 4.23. The van der Waals surface area contributed by atoms with E-state index in [0.717, 1.165) is 5.56 Å². The first-order valence-corrected chi connectivity index (χ1v) is 8.35. The summed E-state index contributed by atoms with van der Waals surface area (Å²) in [5, 5.41) is 2.50. The van der Waals surface area contributed by atoms with Crippen LogP contribution in [-0.4, -0.2) is 23.3 Å².